The van der Waals surface area contributed by atoms with Crippen molar-refractivity contribution in [3.8, 4) is 0 Å². The van der Waals surface area contributed by atoms with E-state index < -0.39 is 11.8 Å². The summed E-state index contributed by atoms with van der Waals surface area (Å²) in [4.78, 5) is 30.8. The number of hydrogen-bond donors (Lipinski definition) is 2. The third kappa shape index (κ3) is 5.32. The molecule has 1 saturated heterocycles. The SMILES string of the molecule is NCCN1CCN(C(=O)C(=O)Nc2ccccc2Sc2ccccc2)CC1. The van der Waals surface area contributed by atoms with Crippen molar-refractivity contribution in [2.45, 2.75) is 9.79 Å². The molecule has 0 spiro atoms. The van der Waals surface area contributed by atoms with Gasteiger partial charge in [-0.05, 0) is 24.3 Å². The zero-order chi connectivity index (χ0) is 19.1. The van der Waals surface area contributed by atoms with Crippen molar-refractivity contribution in [1.29, 1.82) is 0 Å². The number of rotatable bonds is 5. The van der Waals surface area contributed by atoms with E-state index in [4.69, 9.17) is 5.73 Å². The Kier molecular flexibility index (Phi) is 6.86. The molecule has 2 aromatic rings. The minimum absolute atomic E-state index is 0.484. The van der Waals surface area contributed by atoms with E-state index in [0.29, 0.717) is 25.3 Å². The largest absolute Gasteiger partial charge is 0.332 e. The van der Waals surface area contributed by atoms with Crippen LogP contribution in [0.3, 0.4) is 0 Å². The number of benzene rings is 2. The lowest BCUT2D eigenvalue weighted by molar-refractivity contribution is -0.144. The van der Waals surface area contributed by atoms with Crippen LogP contribution in [0.2, 0.25) is 0 Å². The molecular weight excluding hydrogens is 360 g/mol. The monoisotopic (exact) mass is 384 g/mol. The highest BCUT2D eigenvalue weighted by atomic mass is 32.2. The Labute approximate surface area is 163 Å². The van der Waals surface area contributed by atoms with Crippen LogP contribution in [0.4, 0.5) is 5.69 Å². The van der Waals surface area contributed by atoms with Crippen molar-refractivity contribution in [2.75, 3.05) is 44.6 Å². The van der Waals surface area contributed by atoms with Crippen molar-refractivity contribution in [2.24, 2.45) is 5.73 Å². The first kappa shape index (κ1) is 19.4. The van der Waals surface area contributed by atoms with Gasteiger partial charge in [0, 0.05) is 49.1 Å². The van der Waals surface area contributed by atoms with Crippen LogP contribution in [-0.2, 0) is 9.59 Å². The van der Waals surface area contributed by atoms with Crippen molar-refractivity contribution in [3.05, 3.63) is 54.6 Å². The molecule has 6 nitrogen and oxygen atoms in total. The Morgan fingerprint density at radius 3 is 2.33 bits per heavy atom. The Hall–Kier alpha value is -2.35. The molecule has 0 bridgehead atoms. The molecule has 0 aliphatic carbocycles. The number of anilines is 1. The van der Waals surface area contributed by atoms with Crippen LogP contribution >= 0.6 is 11.8 Å². The number of nitrogens with one attached hydrogen (secondary N) is 1. The Balaban J connectivity index is 1.62. The summed E-state index contributed by atoms with van der Waals surface area (Å²) in [6.45, 7) is 4.01. The van der Waals surface area contributed by atoms with E-state index >= 15 is 0 Å². The van der Waals surface area contributed by atoms with Gasteiger partial charge in [0.05, 0.1) is 5.69 Å². The van der Waals surface area contributed by atoms with Crippen LogP contribution in [0, 0.1) is 0 Å². The highest BCUT2D eigenvalue weighted by molar-refractivity contribution is 7.99. The molecule has 27 heavy (non-hydrogen) atoms. The van der Waals surface area contributed by atoms with E-state index in [1.165, 1.54) is 0 Å². The van der Waals surface area contributed by atoms with Crippen molar-refractivity contribution < 1.29 is 9.59 Å². The van der Waals surface area contributed by atoms with Crippen molar-refractivity contribution in [3.63, 3.8) is 0 Å². The van der Waals surface area contributed by atoms with E-state index in [1.54, 1.807) is 16.7 Å². The highest BCUT2D eigenvalue weighted by Gasteiger charge is 2.26. The summed E-state index contributed by atoms with van der Waals surface area (Å²) in [5.41, 5.74) is 6.21. The zero-order valence-electron chi connectivity index (χ0n) is 15.1. The van der Waals surface area contributed by atoms with Gasteiger partial charge in [0.2, 0.25) is 0 Å². The number of amides is 2. The molecule has 7 heteroatoms. The summed E-state index contributed by atoms with van der Waals surface area (Å²) in [5, 5.41) is 2.78. The molecule has 3 N–H and O–H groups in total. The van der Waals surface area contributed by atoms with Gasteiger partial charge in [-0.15, -0.1) is 0 Å². The predicted octanol–water partition coefficient (Wildman–Crippen LogP) is 1.88. The molecule has 1 aliphatic heterocycles. The van der Waals surface area contributed by atoms with Gasteiger partial charge in [-0.3, -0.25) is 14.5 Å². The lowest BCUT2D eigenvalue weighted by atomic mass is 10.3. The molecule has 3 rings (SSSR count). The van der Waals surface area contributed by atoms with Gasteiger partial charge in [0.1, 0.15) is 0 Å². The second-order valence-corrected chi connectivity index (χ2v) is 7.40. The molecule has 0 aromatic heterocycles. The summed E-state index contributed by atoms with van der Waals surface area (Å²) >= 11 is 1.55. The summed E-state index contributed by atoms with van der Waals surface area (Å²) in [6.07, 6.45) is 0. The number of nitrogens with zero attached hydrogens (tertiary/aromatic N) is 2. The lowest BCUT2D eigenvalue weighted by Crippen LogP contribution is -2.52. The molecule has 2 aromatic carbocycles. The number of hydrogen-bond acceptors (Lipinski definition) is 5. The lowest BCUT2D eigenvalue weighted by Gasteiger charge is -2.34. The fourth-order valence-electron chi connectivity index (χ4n) is 2.95. The summed E-state index contributed by atoms with van der Waals surface area (Å²) in [5.74, 6) is -1.08. The topological polar surface area (TPSA) is 78.7 Å². The van der Waals surface area contributed by atoms with Crippen LogP contribution in [0.5, 0.6) is 0 Å². The second kappa shape index (κ2) is 9.55. The summed E-state index contributed by atoms with van der Waals surface area (Å²) < 4.78 is 0. The average Bonchev–Trinajstić information content (AvgIpc) is 2.70. The number of carbonyl (C=O) groups is 2. The molecule has 1 fully saturated rings. The maximum atomic E-state index is 12.5. The van der Waals surface area contributed by atoms with E-state index in [1.807, 2.05) is 54.6 Å². The number of carbonyl (C=O) groups excluding carboxylic acids is 2. The van der Waals surface area contributed by atoms with Crippen LogP contribution in [0.15, 0.2) is 64.4 Å². The predicted molar refractivity (Wildman–Crippen MR) is 108 cm³/mol. The Morgan fingerprint density at radius 1 is 0.963 bits per heavy atom. The van der Waals surface area contributed by atoms with E-state index in [2.05, 4.69) is 10.2 Å². The molecule has 0 saturated carbocycles. The van der Waals surface area contributed by atoms with E-state index in [-0.39, 0.29) is 0 Å². The quantitative estimate of drug-likeness (QED) is 0.770. The molecule has 0 radical (unpaired) electrons. The molecular formula is C20H24N4O2S. The summed E-state index contributed by atoms with van der Waals surface area (Å²) in [7, 11) is 0. The van der Waals surface area contributed by atoms with Crippen molar-refractivity contribution in [1.82, 2.24) is 9.80 Å². The van der Waals surface area contributed by atoms with Crippen LogP contribution < -0.4 is 11.1 Å². The number of piperazine rings is 1. The first-order valence-corrected chi connectivity index (χ1v) is 9.83. The minimum Gasteiger partial charge on any atom is -0.332 e. The minimum atomic E-state index is -0.594. The van der Waals surface area contributed by atoms with E-state index in [0.717, 1.165) is 29.4 Å². The molecule has 0 atom stereocenters. The zero-order valence-corrected chi connectivity index (χ0v) is 16.0. The molecule has 2 amide bonds. The third-order valence-corrected chi connectivity index (χ3v) is 5.49. The van der Waals surface area contributed by atoms with Gasteiger partial charge in [0.15, 0.2) is 0 Å². The normalized spacial score (nSPS) is 14.8. The third-order valence-electron chi connectivity index (χ3n) is 4.41. The van der Waals surface area contributed by atoms with Crippen LogP contribution in [-0.4, -0.2) is 60.9 Å². The van der Waals surface area contributed by atoms with Gasteiger partial charge < -0.3 is 16.0 Å². The summed E-state index contributed by atoms with van der Waals surface area (Å²) in [6, 6.07) is 17.4. The Bertz CT molecular complexity index is 777. The average molecular weight is 385 g/mol. The second-order valence-electron chi connectivity index (χ2n) is 6.29. The van der Waals surface area contributed by atoms with E-state index in [9.17, 15) is 9.59 Å². The van der Waals surface area contributed by atoms with Gasteiger partial charge in [-0.1, -0.05) is 42.1 Å². The number of nitrogens with two attached hydrogens (primary N) is 1. The van der Waals surface area contributed by atoms with Crippen LogP contribution in [0.1, 0.15) is 0 Å². The Morgan fingerprint density at radius 2 is 1.63 bits per heavy atom. The first-order valence-electron chi connectivity index (χ1n) is 9.02. The van der Waals surface area contributed by atoms with Gasteiger partial charge in [0.25, 0.3) is 0 Å². The van der Waals surface area contributed by atoms with Crippen LogP contribution in [0.25, 0.3) is 0 Å². The maximum absolute atomic E-state index is 12.5. The molecule has 1 heterocycles. The standard InChI is InChI=1S/C20H24N4O2S/c21-10-11-23-12-14-24(15-13-23)20(26)19(25)22-17-8-4-5-9-18(17)27-16-6-2-1-3-7-16/h1-9H,10-15,21H2,(H,22,25). The number of para-hydroxylation sites is 1. The smallest absolute Gasteiger partial charge is 0.313 e. The molecule has 142 valence electrons. The van der Waals surface area contributed by atoms with Crippen molar-refractivity contribution >= 4 is 29.3 Å². The first-order chi connectivity index (χ1) is 13.2. The fraction of sp³-hybridized carbons (Fsp3) is 0.300. The molecule has 0 unspecified atom stereocenters. The maximum Gasteiger partial charge on any atom is 0.313 e. The fourth-order valence-corrected chi connectivity index (χ4v) is 3.87. The van der Waals surface area contributed by atoms with Gasteiger partial charge >= 0.3 is 11.8 Å². The van der Waals surface area contributed by atoms with Gasteiger partial charge in [-0.25, -0.2) is 0 Å². The molecule has 1 aliphatic rings. The van der Waals surface area contributed by atoms with Gasteiger partial charge in [-0.2, -0.15) is 0 Å². The highest BCUT2D eigenvalue weighted by Crippen LogP contribution is 2.33.